The van der Waals surface area contributed by atoms with Crippen LogP contribution in [0.1, 0.15) is 32.1 Å². The second-order valence-electron chi connectivity index (χ2n) is 4.78. The molecule has 0 unspecified atom stereocenters. The van der Waals surface area contributed by atoms with Crippen molar-refractivity contribution in [3.05, 3.63) is 0 Å². The summed E-state index contributed by atoms with van der Waals surface area (Å²) < 4.78 is 0. The van der Waals surface area contributed by atoms with Crippen molar-refractivity contribution in [3.63, 3.8) is 0 Å². The van der Waals surface area contributed by atoms with Gasteiger partial charge in [-0.15, -0.1) is 0 Å². The Hall–Kier alpha value is -1.10. The Kier molecular flexibility index (Phi) is 3.43. The Morgan fingerprint density at radius 1 is 1.19 bits per heavy atom. The van der Waals surface area contributed by atoms with E-state index in [4.69, 9.17) is 5.21 Å². The summed E-state index contributed by atoms with van der Waals surface area (Å²) in [6.07, 6.45) is 4.19. The minimum Gasteiger partial charge on any atom is -0.342 e. The molecule has 2 N–H and O–H groups in total. The minimum absolute atomic E-state index is 0.289. The first-order chi connectivity index (χ1) is 7.70. The Morgan fingerprint density at radius 2 is 1.81 bits per heavy atom. The molecule has 5 heteroatoms. The van der Waals surface area contributed by atoms with E-state index in [0.29, 0.717) is 18.2 Å². The Labute approximate surface area is 94.8 Å². The zero-order valence-corrected chi connectivity index (χ0v) is 9.32. The Bertz CT molecular complexity index is 281. The molecule has 90 valence electrons. The smallest absolute Gasteiger partial charge is 0.243 e. The van der Waals surface area contributed by atoms with Crippen LogP contribution in [0.15, 0.2) is 0 Å². The van der Waals surface area contributed by atoms with Crippen LogP contribution in [0.2, 0.25) is 0 Å². The van der Waals surface area contributed by atoms with Crippen LogP contribution in [-0.2, 0) is 9.59 Å². The zero-order chi connectivity index (χ0) is 11.5. The molecule has 0 aromatic heterocycles. The highest BCUT2D eigenvalue weighted by molar-refractivity contribution is 5.81. The van der Waals surface area contributed by atoms with E-state index in [9.17, 15) is 9.59 Å². The second-order valence-corrected chi connectivity index (χ2v) is 4.78. The first-order valence-electron chi connectivity index (χ1n) is 5.92. The number of nitrogens with one attached hydrogen (secondary N) is 1. The molecule has 2 amide bonds. The quantitative estimate of drug-likeness (QED) is 0.545. The van der Waals surface area contributed by atoms with E-state index in [1.807, 2.05) is 4.90 Å². The molecule has 2 aliphatic rings. The lowest BCUT2D eigenvalue weighted by molar-refractivity contribution is -0.134. The van der Waals surface area contributed by atoms with Gasteiger partial charge in [0.2, 0.25) is 11.8 Å². The van der Waals surface area contributed by atoms with Crippen molar-refractivity contribution in [2.75, 3.05) is 13.1 Å². The molecule has 0 atom stereocenters. The molecule has 0 aromatic rings. The van der Waals surface area contributed by atoms with Gasteiger partial charge < -0.3 is 4.90 Å². The fourth-order valence-electron chi connectivity index (χ4n) is 2.25. The van der Waals surface area contributed by atoms with Gasteiger partial charge in [-0.25, -0.2) is 5.48 Å². The highest BCUT2D eigenvalue weighted by atomic mass is 16.5. The highest BCUT2D eigenvalue weighted by Crippen LogP contribution is 2.32. The van der Waals surface area contributed by atoms with Crippen molar-refractivity contribution in [1.29, 1.82) is 0 Å². The number of piperidine rings is 1. The van der Waals surface area contributed by atoms with Crippen LogP contribution >= 0.6 is 0 Å². The number of amides is 2. The first kappa shape index (κ1) is 11.4. The summed E-state index contributed by atoms with van der Waals surface area (Å²) in [5, 5.41) is 8.42. The molecule has 1 saturated heterocycles. The van der Waals surface area contributed by atoms with E-state index >= 15 is 0 Å². The third-order valence-corrected chi connectivity index (χ3v) is 3.45. The van der Waals surface area contributed by atoms with E-state index < -0.39 is 0 Å². The van der Waals surface area contributed by atoms with Crippen molar-refractivity contribution >= 4 is 11.8 Å². The Balaban J connectivity index is 1.73. The number of carbonyl (C=O) groups excluding carboxylic acids is 2. The molecule has 16 heavy (non-hydrogen) atoms. The molecule has 0 bridgehead atoms. The van der Waals surface area contributed by atoms with Gasteiger partial charge in [-0.2, -0.15) is 0 Å². The van der Waals surface area contributed by atoms with Crippen molar-refractivity contribution < 1.29 is 14.8 Å². The normalized spacial score (nSPS) is 21.9. The van der Waals surface area contributed by atoms with Gasteiger partial charge in [-0.1, -0.05) is 0 Å². The molecule has 0 spiro atoms. The number of carbonyl (C=O) groups is 2. The standard InChI is InChI=1S/C11H18N2O3/c14-10(12-16)7-8-3-5-13(6-4-8)11(15)9-1-2-9/h8-9,16H,1-7H2,(H,12,14). The maximum absolute atomic E-state index is 11.8. The summed E-state index contributed by atoms with van der Waals surface area (Å²) in [5.74, 6) is 0.560. The lowest BCUT2D eigenvalue weighted by atomic mass is 9.93. The van der Waals surface area contributed by atoms with E-state index in [0.717, 1.165) is 38.8 Å². The second kappa shape index (κ2) is 4.82. The zero-order valence-electron chi connectivity index (χ0n) is 9.32. The van der Waals surface area contributed by atoms with Gasteiger partial charge in [0, 0.05) is 25.4 Å². The number of hydroxylamine groups is 1. The number of nitrogens with zero attached hydrogens (tertiary/aromatic N) is 1. The van der Waals surface area contributed by atoms with Crippen molar-refractivity contribution in [1.82, 2.24) is 10.4 Å². The fraction of sp³-hybridized carbons (Fsp3) is 0.818. The van der Waals surface area contributed by atoms with Crippen molar-refractivity contribution in [2.24, 2.45) is 11.8 Å². The summed E-state index contributed by atoms with van der Waals surface area (Å²) in [5.41, 5.74) is 1.65. The van der Waals surface area contributed by atoms with E-state index in [-0.39, 0.29) is 11.8 Å². The minimum atomic E-state index is -0.327. The SMILES string of the molecule is O=C(CC1CCN(C(=O)C2CC2)CC1)NO. The van der Waals surface area contributed by atoms with Gasteiger partial charge in [0.1, 0.15) is 0 Å². The van der Waals surface area contributed by atoms with Crippen LogP contribution in [0, 0.1) is 11.8 Å². The molecule has 0 aromatic carbocycles. The fourth-order valence-corrected chi connectivity index (χ4v) is 2.25. The monoisotopic (exact) mass is 226 g/mol. The van der Waals surface area contributed by atoms with Crippen molar-refractivity contribution in [3.8, 4) is 0 Å². The highest BCUT2D eigenvalue weighted by Gasteiger charge is 2.35. The van der Waals surface area contributed by atoms with Crippen LogP contribution in [0.25, 0.3) is 0 Å². The molecular weight excluding hydrogens is 208 g/mol. The van der Waals surface area contributed by atoms with Gasteiger partial charge in [-0.05, 0) is 31.6 Å². The molecule has 5 nitrogen and oxygen atoms in total. The maximum atomic E-state index is 11.8. The lowest BCUT2D eigenvalue weighted by Gasteiger charge is -2.31. The van der Waals surface area contributed by atoms with Crippen LogP contribution in [0.4, 0.5) is 0 Å². The van der Waals surface area contributed by atoms with Crippen molar-refractivity contribution in [2.45, 2.75) is 32.1 Å². The van der Waals surface area contributed by atoms with Gasteiger partial charge >= 0.3 is 0 Å². The van der Waals surface area contributed by atoms with Crippen LogP contribution in [0.3, 0.4) is 0 Å². The number of hydrogen-bond acceptors (Lipinski definition) is 3. The third kappa shape index (κ3) is 2.72. The van der Waals surface area contributed by atoms with Crippen LogP contribution < -0.4 is 5.48 Å². The maximum Gasteiger partial charge on any atom is 0.243 e. The number of likely N-dealkylation sites (tertiary alicyclic amines) is 1. The van der Waals surface area contributed by atoms with Gasteiger partial charge in [0.25, 0.3) is 0 Å². The molecule has 2 fully saturated rings. The summed E-state index contributed by atoms with van der Waals surface area (Å²) in [6, 6.07) is 0. The van der Waals surface area contributed by atoms with Crippen LogP contribution in [0.5, 0.6) is 0 Å². The predicted octanol–water partition coefficient (Wildman–Crippen LogP) is 0.531. The van der Waals surface area contributed by atoms with Gasteiger partial charge in [-0.3, -0.25) is 14.8 Å². The van der Waals surface area contributed by atoms with E-state index in [1.165, 1.54) is 0 Å². The predicted molar refractivity (Wildman–Crippen MR) is 56.6 cm³/mol. The summed E-state index contributed by atoms with van der Waals surface area (Å²) in [7, 11) is 0. The topological polar surface area (TPSA) is 69.6 Å². The Morgan fingerprint density at radius 3 is 2.31 bits per heavy atom. The van der Waals surface area contributed by atoms with E-state index in [2.05, 4.69) is 0 Å². The third-order valence-electron chi connectivity index (χ3n) is 3.45. The molecule has 1 saturated carbocycles. The van der Waals surface area contributed by atoms with Crippen LogP contribution in [-0.4, -0.2) is 35.0 Å². The largest absolute Gasteiger partial charge is 0.342 e. The molecular formula is C11H18N2O3. The van der Waals surface area contributed by atoms with Gasteiger partial charge in [0.05, 0.1) is 0 Å². The first-order valence-corrected chi connectivity index (χ1v) is 5.92. The summed E-state index contributed by atoms with van der Waals surface area (Å²) >= 11 is 0. The van der Waals surface area contributed by atoms with Gasteiger partial charge in [0.15, 0.2) is 0 Å². The average Bonchev–Trinajstić information content (AvgIpc) is 3.13. The van der Waals surface area contributed by atoms with E-state index in [1.54, 1.807) is 5.48 Å². The molecule has 1 aliphatic heterocycles. The number of hydrogen-bond donors (Lipinski definition) is 2. The molecule has 0 radical (unpaired) electrons. The summed E-state index contributed by atoms with van der Waals surface area (Å²) in [4.78, 5) is 24.6. The lowest BCUT2D eigenvalue weighted by Crippen LogP contribution is -2.40. The summed E-state index contributed by atoms with van der Waals surface area (Å²) in [6.45, 7) is 1.53. The average molecular weight is 226 g/mol. The molecule has 2 rings (SSSR count). The molecule has 1 heterocycles. The molecule has 1 aliphatic carbocycles. The number of rotatable bonds is 3.